The lowest BCUT2D eigenvalue weighted by Crippen LogP contribution is -2.38. The molecule has 1 unspecified atom stereocenters. The first kappa shape index (κ1) is 28.7. The molecule has 3 aromatic rings. The molecule has 0 saturated carbocycles. The zero-order valence-corrected chi connectivity index (χ0v) is 23.4. The van der Waals surface area contributed by atoms with E-state index in [1.165, 1.54) is 18.1 Å². The van der Waals surface area contributed by atoms with Gasteiger partial charge in [-0.3, -0.25) is 9.59 Å². The van der Waals surface area contributed by atoms with Gasteiger partial charge in [-0.25, -0.2) is 0 Å². The fraction of sp³-hybridized carbons (Fsp3) is 0.312. The van der Waals surface area contributed by atoms with Crippen molar-refractivity contribution in [2.24, 2.45) is 0 Å². The Morgan fingerprint density at radius 2 is 1.70 bits per heavy atom. The minimum atomic E-state index is -0.845. The van der Waals surface area contributed by atoms with Gasteiger partial charge in [0, 0.05) is 18.7 Å². The van der Waals surface area contributed by atoms with Gasteiger partial charge < -0.3 is 29.5 Å². The maximum Gasteiger partial charge on any atom is 0.295 e. The number of methoxy groups -OCH3 is 1. The van der Waals surface area contributed by atoms with E-state index < -0.39 is 17.7 Å². The molecule has 8 nitrogen and oxygen atoms in total. The standard InChI is InChI=1S/C32H36N2O6/c1-5-33(6-2)17-18-34-29(23-13-16-26(35)27(19-23)39-4)28(31(37)32(34)38)30(36)22-11-14-25(15-12-22)40-20-24-10-8-7-9-21(24)3/h7-16,19,29,35-36H,5-6,17-18,20H2,1-4H3. The first-order chi connectivity index (χ1) is 19.3. The number of hydrogen-bond donors (Lipinski definition) is 2. The van der Waals surface area contributed by atoms with Crippen LogP contribution in [0.1, 0.15) is 42.1 Å². The number of carbonyl (C=O) groups is 2. The molecular formula is C32H36N2O6. The summed E-state index contributed by atoms with van der Waals surface area (Å²) in [5, 5.41) is 21.5. The third-order valence-electron chi connectivity index (χ3n) is 7.39. The Labute approximate surface area is 235 Å². The molecule has 8 heteroatoms. The summed E-state index contributed by atoms with van der Waals surface area (Å²) in [5.74, 6) is -0.946. The molecule has 1 fully saturated rings. The van der Waals surface area contributed by atoms with Crippen LogP contribution < -0.4 is 9.47 Å². The molecule has 0 aromatic heterocycles. The van der Waals surface area contributed by atoms with E-state index in [1.807, 2.05) is 45.0 Å². The summed E-state index contributed by atoms with van der Waals surface area (Å²) in [6, 6.07) is 18.6. The second kappa shape index (κ2) is 12.7. The largest absolute Gasteiger partial charge is 0.507 e. The number of carbonyl (C=O) groups excluding carboxylic acids is 2. The number of phenolic OH excluding ortho intramolecular Hbond substituents is 1. The molecule has 3 aromatic carbocycles. The van der Waals surface area contributed by atoms with Crippen molar-refractivity contribution in [2.75, 3.05) is 33.3 Å². The summed E-state index contributed by atoms with van der Waals surface area (Å²) in [4.78, 5) is 30.2. The zero-order chi connectivity index (χ0) is 28.8. The predicted molar refractivity (Wildman–Crippen MR) is 153 cm³/mol. The number of ether oxygens (including phenoxy) is 2. The molecule has 1 atom stereocenters. The third kappa shape index (κ3) is 5.97. The van der Waals surface area contributed by atoms with Gasteiger partial charge in [-0.2, -0.15) is 0 Å². The molecule has 0 spiro atoms. The Morgan fingerprint density at radius 1 is 1.00 bits per heavy atom. The smallest absolute Gasteiger partial charge is 0.295 e. The van der Waals surface area contributed by atoms with Crippen molar-refractivity contribution < 1.29 is 29.3 Å². The van der Waals surface area contributed by atoms with Gasteiger partial charge in [0.25, 0.3) is 11.7 Å². The quantitative estimate of drug-likeness (QED) is 0.198. The lowest BCUT2D eigenvalue weighted by atomic mass is 9.95. The van der Waals surface area contributed by atoms with Gasteiger partial charge in [0.15, 0.2) is 11.5 Å². The highest BCUT2D eigenvalue weighted by Gasteiger charge is 2.46. The zero-order valence-electron chi connectivity index (χ0n) is 23.4. The number of ketones is 1. The number of aromatic hydroxyl groups is 1. The highest BCUT2D eigenvalue weighted by molar-refractivity contribution is 6.46. The number of likely N-dealkylation sites (tertiary alicyclic amines) is 1. The average molecular weight is 545 g/mol. The molecule has 4 rings (SSSR count). The Morgan fingerprint density at radius 3 is 2.35 bits per heavy atom. The Hall–Kier alpha value is -4.30. The van der Waals surface area contributed by atoms with Crippen LogP contribution in [0.2, 0.25) is 0 Å². The minimum Gasteiger partial charge on any atom is -0.507 e. The van der Waals surface area contributed by atoms with Crippen molar-refractivity contribution in [1.29, 1.82) is 0 Å². The van der Waals surface area contributed by atoms with Crippen molar-refractivity contribution in [3.63, 3.8) is 0 Å². The number of aliphatic hydroxyl groups is 1. The Balaban J connectivity index is 1.68. The van der Waals surface area contributed by atoms with Crippen LogP contribution in [0, 0.1) is 6.92 Å². The maximum absolute atomic E-state index is 13.3. The fourth-order valence-corrected chi connectivity index (χ4v) is 4.91. The molecule has 0 aliphatic carbocycles. The highest BCUT2D eigenvalue weighted by atomic mass is 16.5. The molecule has 1 saturated heterocycles. The topological polar surface area (TPSA) is 99.5 Å². The van der Waals surface area contributed by atoms with Crippen LogP contribution in [0.3, 0.4) is 0 Å². The van der Waals surface area contributed by atoms with Gasteiger partial charge in [0.1, 0.15) is 18.1 Å². The van der Waals surface area contributed by atoms with E-state index in [1.54, 1.807) is 36.4 Å². The number of nitrogens with zero attached hydrogens (tertiary/aromatic N) is 2. The van der Waals surface area contributed by atoms with Crippen LogP contribution in [0.4, 0.5) is 0 Å². The van der Waals surface area contributed by atoms with E-state index in [9.17, 15) is 19.8 Å². The molecule has 210 valence electrons. The summed E-state index contributed by atoms with van der Waals surface area (Å²) >= 11 is 0. The molecule has 2 N–H and O–H groups in total. The lowest BCUT2D eigenvalue weighted by molar-refractivity contribution is -0.140. The lowest BCUT2D eigenvalue weighted by Gasteiger charge is -2.28. The van der Waals surface area contributed by atoms with Gasteiger partial charge in [0.2, 0.25) is 0 Å². The van der Waals surface area contributed by atoms with E-state index in [0.717, 1.165) is 24.2 Å². The maximum atomic E-state index is 13.3. The van der Waals surface area contributed by atoms with E-state index in [2.05, 4.69) is 4.90 Å². The van der Waals surface area contributed by atoms with Crippen molar-refractivity contribution in [2.45, 2.75) is 33.4 Å². The summed E-state index contributed by atoms with van der Waals surface area (Å²) in [5.41, 5.74) is 3.14. The number of likely N-dealkylation sites (N-methyl/N-ethyl adjacent to an activating group) is 1. The summed E-state index contributed by atoms with van der Waals surface area (Å²) in [6.45, 7) is 8.96. The summed E-state index contributed by atoms with van der Waals surface area (Å²) < 4.78 is 11.2. The number of rotatable bonds is 11. The Bertz CT molecular complexity index is 1390. The van der Waals surface area contributed by atoms with Crippen molar-refractivity contribution in [3.8, 4) is 17.2 Å². The molecule has 1 amide bonds. The van der Waals surface area contributed by atoms with E-state index >= 15 is 0 Å². The number of amides is 1. The van der Waals surface area contributed by atoms with Crippen molar-refractivity contribution >= 4 is 17.4 Å². The van der Waals surface area contributed by atoms with Crippen LogP contribution in [0.15, 0.2) is 72.3 Å². The van der Waals surface area contributed by atoms with Crippen molar-refractivity contribution in [1.82, 2.24) is 9.80 Å². The monoisotopic (exact) mass is 544 g/mol. The number of hydrogen-bond acceptors (Lipinski definition) is 7. The molecule has 40 heavy (non-hydrogen) atoms. The molecule has 1 heterocycles. The van der Waals surface area contributed by atoms with Crippen LogP contribution in [0.25, 0.3) is 5.76 Å². The average Bonchev–Trinajstić information content (AvgIpc) is 3.22. The second-order valence-electron chi connectivity index (χ2n) is 9.69. The number of Topliss-reactive ketones (excluding diaryl/α,β-unsaturated/α-hetero) is 1. The minimum absolute atomic E-state index is 0.00846. The van der Waals surface area contributed by atoms with Crippen LogP contribution in [-0.2, 0) is 16.2 Å². The number of benzene rings is 3. The molecule has 1 aliphatic heterocycles. The van der Waals surface area contributed by atoms with Gasteiger partial charge in [-0.1, -0.05) is 44.2 Å². The van der Waals surface area contributed by atoms with Gasteiger partial charge in [0.05, 0.1) is 18.7 Å². The number of aryl methyl sites for hydroxylation is 1. The van der Waals surface area contributed by atoms with Gasteiger partial charge in [-0.05, 0) is 73.1 Å². The van der Waals surface area contributed by atoms with Crippen LogP contribution >= 0.6 is 0 Å². The fourth-order valence-electron chi connectivity index (χ4n) is 4.91. The predicted octanol–water partition coefficient (Wildman–Crippen LogP) is 5.05. The molecule has 1 aliphatic rings. The normalized spacial score (nSPS) is 16.5. The highest BCUT2D eigenvalue weighted by Crippen LogP contribution is 2.41. The summed E-state index contributed by atoms with van der Waals surface area (Å²) in [7, 11) is 1.43. The molecule has 0 bridgehead atoms. The Kier molecular flexibility index (Phi) is 9.11. The van der Waals surface area contributed by atoms with Gasteiger partial charge >= 0.3 is 0 Å². The van der Waals surface area contributed by atoms with Crippen LogP contribution in [-0.4, -0.2) is 65.0 Å². The van der Waals surface area contributed by atoms with Crippen LogP contribution in [0.5, 0.6) is 17.2 Å². The number of aliphatic hydroxyl groups excluding tert-OH is 1. The van der Waals surface area contributed by atoms with E-state index in [4.69, 9.17) is 9.47 Å². The van der Waals surface area contributed by atoms with Gasteiger partial charge in [-0.15, -0.1) is 0 Å². The number of phenols is 1. The third-order valence-corrected chi connectivity index (χ3v) is 7.39. The first-order valence-corrected chi connectivity index (χ1v) is 13.4. The second-order valence-corrected chi connectivity index (χ2v) is 9.69. The van der Waals surface area contributed by atoms with E-state index in [0.29, 0.717) is 36.6 Å². The molecular weight excluding hydrogens is 508 g/mol. The first-order valence-electron chi connectivity index (χ1n) is 13.4. The van der Waals surface area contributed by atoms with E-state index in [-0.39, 0.29) is 22.8 Å². The molecule has 0 radical (unpaired) electrons. The SMILES string of the molecule is CCN(CC)CCN1C(=O)C(=O)C(=C(O)c2ccc(OCc3ccccc3C)cc2)C1c1ccc(O)c(OC)c1. The summed E-state index contributed by atoms with van der Waals surface area (Å²) in [6.07, 6.45) is 0. The van der Waals surface area contributed by atoms with Crippen molar-refractivity contribution in [3.05, 3.63) is 94.6 Å².